The number of carboxylic acids is 1. The van der Waals surface area contributed by atoms with Gasteiger partial charge in [0.1, 0.15) is 0 Å². The second-order valence-electron chi connectivity index (χ2n) is 6.66. The van der Waals surface area contributed by atoms with Gasteiger partial charge in [0.15, 0.2) is 5.69 Å². The standard InChI is InChI=1S/C14H21N5O2/c1-9-4-11(7-18(9)10-2-3-10)17-5-12(6-17)19-8-13(14(20)21)15-16-19/h8-12H,2-7H2,1H3,(H,20,21). The van der Waals surface area contributed by atoms with Gasteiger partial charge in [-0.2, -0.15) is 0 Å². The second kappa shape index (κ2) is 4.78. The molecule has 1 aromatic rings. The highest BCUT2D eigenvalue weighted by molar-refractivity contribution is 5.84. The van der Waals surface area contributed by atoms with Gasteiger partial charge in [0.05, 0.1) is 12.2 Å². The lowest BCUT2D eigenvalue weighted by atomic mass is 10.0. The first-order valence-corrected chi connectivity index (χ1v) is 7.76. The Balaban J connectivity index is 1.33. The van der Waals surface area contributed by atoms with Crippen molar-refractivity contribution in [2.45, 2.75) is 50.4 Å². The number of likely N-dealkylation sites (tertiary alicyclic amines) is 2. The molecule has 0 aromatic carbocycles. The number of carbonyl (C=O) groups is 1. The number of nitrogens with zero attached hydrogens (tertiary/aromatic N) is 5. The van der Waals surface area contributed by atoms with Crippen LogP contribution in [0.2, 0.25) is 0 Å². The third-order valence-corrected chi connectivity index (χ3v) is 5.13. The minimum atomic E-state index is -1.01. The van der Waals surface area contributed by atoms with Crippen molar-refractivity contribution < 1.29 is 9.90 Å². The Morgan fingerprint density at radius 1 is 1.24 bits per heavy atom. The zero-order valence-corrected chi connectivity index (χ0v) is 12.2. The Kier molecular flexibility index (Phi) is 3.00. The molecule has 1 N–H and O–H groups in total. The molecular formula is C14H21N5O2. The molecule has 2 atom stereocenters. The van der Waals surface area contributed by atoms with Crippen LogP contribution in [0.15, 0.2) is 6.20 Å². The largest absolute Gasteiger partial charge is 0.476 e. The first-order valence-electron chi connectivity index (χ1n) is 7.76. The Morgan fingerprint density at radius 2 is 2.00 bits per heavy atom. The van der Waals surface area contributed by atoms with Gasteiger partial charge in [0.25, 0.3) is 0 Å². The second-order valence-corrected chi connectivity index (χ2v) is 6.66. The number of aromatic carboxylic acids is 1. The molecule has 1 saturated carbocycles. The van der Waals surface area contributed by atoms with Gasteiger partial charge in [0, 0.05) is 37.8 Å². The first kappa shape index (κ1) is 13.2. The van der Waals surface area contributed by atoms with Gasteiger partial charge in [-0.15, -0.1) is 5.10 Å². The number of aromatic nitrogens is 3. The highest BCUT2D eigenvalue weighted by Crippen LogP contribution is 2.36. The van der Waals surface area contributed by atoms with Gasteiger partial charge in [-0.3, -0.25) is 9.80 Å². The fourth-order valence-corrected chi connectivity index (χ4v) is 3.71. The Bertz CT molecular complexity index is 549. The van der Waals surface area contributed by atoms with Gasteiger partial charge >= 0.3 is 5.97 Å². The maximum absolute atomic E-state index is 10.8. The number of hydrogen-bond donors (Lipinski definition) is 1. The van der Waals surface area contributed by atoms with Crippen LogP contribution in [0.4, 0.5) is 0 Å². The van der Waals surface area contributed by atoms with Crippen LogP contribution in [-0.2, 0) is 0 Å². The number of carboxylic acid groups (broad SMARTS) is 1. The van der Waals surface area contributed by atoms with Crippen LogP contribution in [-0.4, -0.2) is 73.6 Å². The van der Waals surface area contributed by atoms with E-state index in [9.17, 15) is 4.79 Å². The van der Waals surface area contributed by atoms with Gasteiger partial charge in [0.2, 0.25) is 0 Å². The zero-order valence-electron chi connectivity index (χ0n) is 12.2. The molecule has 1 aliphatic carbocycles. The third kappa shape index (κ3) is 2.34. The molecule has 7 nitrogen and oxygen atoms in total. The van der Waals surface area contributed by atoms with Crippen LogP contribution < -0.4 is 0 Å². The minimum absolute atomic E-state index is 0.0304. The SMILES string of the molecule is CC1CC(N2CC(n3cc(C(=O)O)nn3)C2)CN1C1CC1. The lowest BCUT2D eigenvalue weighted by Crippen LogP contribution is -2.53. The van der Waals surface area contributed by atoms with E-state index in [-0.39, 0.29) is 11.7 Å². The predicted octanol–water partition coefficient (Wildman–Crippen LogP) is 0.458. The van der Waals surface area contributed by atoms with Crippen LogP contribution in [0.25, 0.3) is 0 Å². The fourth-order valence-electron chi connectivity index (χ4n) is 3.71. The van der Waals surface area contributed by atoms with E-state index < -0.39 is 5.97 Å². The Morgan fingerprint density at radius 3 is 2.62 bits per heavy atom. The summed E-state index contributed by atoms with van der Waals surface area (Å²) in [7, 11) is 0. The predicted molar refractivity (Wildman–Crippen MR) is 75.2 cm³/mol. The third-order valence-electron chi connectivity index (χ3n) is 5.13. The Hall–Kier alpha value is -1.47. The van der Waals surface area contributed by atoms with Crippen LogP contribution in [0.1, 0.15) is 42.7 Å². The summed E-state index contributed by atoms with van der Waals surface area (Å²) in [5.74, 6) is -1.01. The molecule has 2 unspecified atom stereocenters. The van der Waals surface area contributed by atoms with E-state index in [0.717, 1.165) is 19.1 Å². The summed E-state index contributed by atoms with van der Waals surface area (Å²) in [5.41, 5.74) is 0.0304. The minimum Gasteiger partial charge on any atom is -0.476 e. The molecule has 0 bridgehead atoms. The van der Waals surface area contributed by atoms with E-state index >= 15 is 0 Å². The van der Waals surface area contributed by atoms with E-state index in [1.54, 1.807) is 4.68 Å². The summed E-state index contributed by atoms with van der Waals surface area (Å²) in [6, 6.07) is 2.47. The van der Waals surface area contributed by atoms with E-state index in [4.69, 9.17) is 5.11 Å². The van der Waals surface area contributed by atoms with Crippen molar-refractivity contribution >= 4 is 5.97 Å². The molecule has 21 heavy (non-hydrogen) atoms. The van der Waals surface area contributed by atoms with Crippen molar-refractivity contribution in [1.82, 2.24) is 24.8 Å². The molecular weight excluding hydrogens is 270 g/mol. The number of hydrogen-bond acceptors (Lipinski definition) is 5. The summed E-state index contributed by atoms with van der Waals surface area (Å²) >= 11 is 0. The molecule has 2 saturated heterocycles. The van der Waals surface area contributed by atoms with Crippen molar-refractivity contribution in [3.63, 3.8) is 0 Å². The Labute approximate surface area is 123 Å². The van der Waals surface area contributed by atoms with Crippen molar-refractivity contribution in [2.75, 3.05) is 19.6 Å². The van der Waals surface area contributed by atoms with Gasteiger partial charge in [-0.05, 0) is 26.2 Å². The normalized spacial score (nSPS) is 31.5. The molecule has 2 aliphatic heterocycles. The fraction of sp³-hybridized carbons (Fsp3) is 0.786. The molecule has 0 amide bonds. The van der Waals surface area contributed by atoms with Gasteiger partial charge in [-0.25, -0.2) is 9.48 Å². The average molecular weight is 291 g/mol. The maximum atomic E-state index is 10.8. The lowest BCUT2D eigenvalue weighted by Gasteiger charge is -2.42. The molecule has 4 rings (SSSR count). The number of rotatable bonds is 4. The summed E-state index contributed by atoms with van der Waals surface area (Å²) in [6.07, 6.45) is 5.53. The molecule has 3 heterocycles. The maximum Gasteiger partial charge on any atom is 0.358 e. The lowest BCUT2D eigenvalue weighted by molar-refractivity contribution is 0.0544. The quantitative estimate of drug-likeness (QED) is 0.868. The average Bonchev–Trinajstić information content (AvgIpc) is 2.98. The van der Waals surface area contributed by atoms with Crippen molar-refractivity contribution in [3.05, 3.63) is 11.9 Å². The zero-order chi connectivity index (χ0) is 14.6. The highest BCUT2D eigenvalue weighted by Gasteiger charge is 2.43. The molecule has 7 heteroatoms. The molecule has 114 valence electrons. The van der Waals surface area contributed by atoms with Crippen LogP contribution in [0.3, 0.4) is 0 Å². The molecule has 3 aliphatic rings. The summed E-state index contributed by atoms with van der Waals surface area (Å²) in [4.78, 5) is 16.0. The summed E-state index contributed by atoms with van der Waals surface area (Å²) in [6.45, 7) is 5.44. The smallest absolute Gasteiger partial charge is 0.358 e. The molecule has 1 aromatic heterocycles. The van der Waals surface area contributed by atoms with E-state index in [0.29, 0.717) is 12.1 Å². The van der Waals surface area contributed by atoms with Crippen LogP contribution >= 0.6 is 0 Å². The highest BCUT2D eigenvalue weighted by atomic mass is 16.4. The van der Waals surface area contributed by atoms with E-state index in [1.165, 1.54) is 32.0 Å². The van der Waals surface area contributed by atoms with Crippen LogP contribution in [0.5, 0.6) is 0 Å². The summed E-state index contributed by atoms with van der Waals surface area (Å²) in [5, 5.41) is 16.5. The van der Waals surface area contributed by atoms with Crippen LogP contribution in [0, 0.1) is 0 Å². The van der Waals surface area contributed by atoms with Crippen molar-refractivity contribution in [1.29, 1.82) is 0 Å². The molecule has 3 fully saturated rings. The monoisotopic (exact) mass is 291 g/mol. The van der Waals surface area contributed by atoms with Crippen molar-refractivity contribution in [3.8, 4) is 0 Å². The van der Waals surface area contributed by atoms with E-state index in [1.807, 2.05) is 0 Å². The molecule has 0 spiro atoms. The first-order chi connectivity index (χ1) is 10.1. The van der Waals surface area contributed by atoms with Gasteiger partial charge in [-0.1, -0.05) is 5.21 Å². The topological polar surface area (TPSA) is 74.5 Å². The van der Waals surface area contributed by atoms with Gasteiger partial charge < -0.3 is 5.11 Å². The summed E-state index contributed by atoms with van der Waals surface area (Å²) < 4.78 is 1.71. The molecule has 0 radical (unpaired) electrons. The van der Waals surface area contributed by atoms with E-state index in [2.05, 4.69) is 27.0 Å². The van der Waals surface area contributed by atoms with Crippen molar-refractivity contribution in [2.24, 2.45) is 0 Å².